The Morgan fingerprint density at radius 1 is 1.50 bits per heavy atom. The number of nitrogens with one attached hydrogen (secondary N) is 1. The minimum atomic E-state index is 0.0579. The second kappa shape index (κ2) is 7.13. The fraction of sp³-hybridized carbons (Fsp3) is 0.667. The van der Waals surface area contributed by atoms with Crippen LogP contribution in [0.25, 0.3) is 0 Å². The first kappa shape index (κ1) is 13.0. The molecule has 2 rings (SSSR count). The second-order valence-corrected chi connectivity index (χ2v) is 4.03. The number of nitrogens with zero attached hydrogens (tertiary/aromatic N) is 2. The molecule has 1 aromatic heterocycles. The average molecular weight is 253 g/mol. The number of rotatable bonds is 6. The number of hydrogen-bond acceptors (Lipinski definition) is 6. The van der Waals surface area contributed by atoms with Crippen molar-refractivity contribution in [2.45, 2.75) is 19.4 Å². The van der Waals surface area contributed by atoms with Gasteiger partial charge in [-0.05, 0) is 6.42 Å². The van der Waals surface area contributed by atoms with Crippen LogP contribution in [0.4, 0.5) is 0 Å². The predicted octanol–water partition coefficient (Wildman–Crippen LogP) is 0.633. The van der Waals surface area contributed by atoms with Gasteiger partial charge in [-0.25, -0.2) is 4.98 Å². The van der Waals surface area contributed by atoms with Gasteiger partial charge in [0.25, 0.3) is 0 Å². The average Bonchev–Trinajstić information content (AvgIpc) is 2.44. The van der Waals surface area contributed by atoms with E-state index >= 15 is 0 Å². The Kier molecular flexibility index (Phi) is 5.16. The number of aromatic nitrogens is 2. The molecule has 1 aliphatic rings. The fourth-order valence-corrected chi connectivity index (χ4v) is 1.58. The van der Waals surface area contributed by atoms with E-state index in [0.29, 0.717) is 31.7 Å². The third kappa shape index (κ3) is 4.12. The summed E-state index contributed by atoms with van der Waals surface area (Å²) in [5, 5.41) is 3.24. The van der Waals surface area contributed by atoms with Crippen LogP contribution in [-0.4, -0.2) is 49.0 Å². The Morgan fingerprint density at radius 3 is 3.22 bits per heavy atom. The van der Waals surface area contributed by atoms with Crippen LogP contribution in [0.3, 0.4) is 0 Å². The zero-order chi connectivity index (χ0) is 12.6. The molecule has 1 fully saturated rings. The topological polar surface area (TPSA) is 65.5 Å². The van der Waals surface area contributed by atoms with Gasteiger partial charge in [-0.15, -0.1) is 0 Å². The quantitative estimate of drug-likeness (QED) is 0.802. The predicted molar refractivity (Wildman–Crippen MR) is 65.9 cm³/mol. The van der Waals surface area contributed by atoms with Crippen molar-refractivity contribution in [2.24, 2.45) is 0 Å². The SMILES string of the molecule is CCCOc1ccnc(OCC2CNCCO2)n1. The first-order valence-electron chi connectivity index (χ1n) is 6.29. The van der Waals surface area contributed by atoms with Gasteiger partial charge in [0.1, 0.15) is 12.7 Å². The van der Waals surface area contributed by atoms with Crippen LogP contribution in [0, 0.1) is 0 Å². The van der Waals surface area contributed by atoms with Crippen molar-refractivity contribution in [2.75, 3.05) is 32.9 Å². The van der Waals surface area contributed by atoms with Gasteiger partial charge < -0.3 is 19.5 Å². The lowest BCUT2D eigenvalue weighted by molar-refractivity contribution is -0.00193. The van der Waals surface area contributed by atoms with Crippen molar-refractivity contribution in [3.8, 4) is 11.9 Å². The molecule has 1 aromatic rings. The van der Waals surface area contributed by atoms with Gasteiger partial charge >= 0.3 is 6.01 Å². The first-order valence-corrected chi connectivity index (χ1v) is 6.29. The van der Waals surface area contributed by atoms with Crippen molar-refractivity contribution in [3.05, 3.63) is 12.3 Å². The van der Waals surface area contributed by atoms with Gasteiger partial charge in [0.05, 0.1) is 13.2 Å². The Morgan fingerprint density at radius 2 is 2.44 bits per heavy atom. The minimum Gasteiger partial charge on any atom is -0.478 e. The Labute approximate surface area is 107 Å². The van der Waals surface area contributed by atoms with Gasteiger partial charge in [0.2, 0.25) is 5.88 Å². The van der Waals surface area contributed by atoms with Crippen LogP contribution >= 0.6 is 0 Å². The molecule has 0 saturated carbocycles. The number of morpholine rings is 1. The largest absolute Gasteiger partial charge is 0.478 e. The van der Waals surface area contributed by atoms with E-state index in [1.165, 1.54) is 0 Å². The number of ether oxygens (including phenoxy) is 3. The van der Waals surface area contributed by atoms with Crippen LogP contribution < -0.4 is 14.8 Å². The monoisotopic (exact) mass is 253 g/mol. The van der Waals surface area contributed by atoms with Crippen molar-refractivity contribution < 1.29 is 14.2 Å². The highest BCUT2D eigenvalue weighted by Gasteiger charge is 2.14. The molecule has 0 radical (unpaired) electrons. The number of hydrogen-bond donors (Lipinski definition) is 1. The van der Waals surface area contributed by atoms with Crippen LogP contribution in [0.1, 0.15) is 13.3 Å². The third-order valence-corrected chi connectivity index (χ3v) is 2.46. The normalized spacial score (nSPS) is 19.5. The maximum atomic E-state index is 5.52. The zero-order valence-electron chi connectivity index (χ0n) is 10.6. The Balaban J connectivity index is 1.80. The molecule has 1 N–H and O–H groups in total. The zero-order valence-corrected chi connectivity index (χ0v) is 10.6. The molecular weight excluding hydrogens is 234 g/mol. The summed E-state index contributed by atoms with van der Waals surface area (Å²) >= 11 is 0. The molecule has 1 atom stereocenters. The highest BCUT2D eigenvalue weighted by atomic mass is 16.5. The molecule has 1 saturated heterocycles. The molecule has 0 amide bonds. The van der Waals surface area contributed by atoms with E-state index in [2.05, 4.69) is 15.3 Å². The maximum absolute atomic E-state index is 5.52. The highest BCUT2D eigenvalue weighted by molar-refractivity contribution is 5.11. The smallest absolute Gasteiger partial charge is 0.319 e. The van der Waals surface area contributed by atoms with E-state index in [-0.39, 0.29) is 6.10 Å². The van der Waals surface area contributed by atoms with Gasteiger partial charge in [0, 0.05) is 25.4 Å². The summed E-state index contributed by atoms with van der Waals surface area (Å²) in [6, 6.07) is 2.05. The summed E-state index contributed by atoms with van der Waals surface area (Å²) in [4.78, 5) is 8.21. The molecule has 18 heavy (non-hydrogen) atoms. The van der Waals surface area contributed by atoms with E-state index in [1.54, 1.807) is 12.3 Å². The molecule has 1 unspecified atom stereocenters. The molecule has 0 spiro atoms. The molecule has 2 heterocycles. The summed E-state index contributed by atoms with van der Waals surface area (Å²) in [5.74, 6) is 0.546. The van der Waals surface area contributed by atoms with Crippen molar-refractivity contribution >= 4 is 0 Å². The van der Waals surface area contributed by atoms with E-state index in [4.69, 9.17) is 14.2 Å². The van der Waals surface area contributed by atoms with Gasteiger partial charge in [-0.1, -0.05) is 6.92 Å². The Bertz CT molecular complexity index is 356. The third-order valence-electron chi connectivity index (χ3n) is 2.46. The van der Waals surface area contributed by atoms with Crippen molar-refractivity contribution in [1.29, 1.82) is 0 Å². The summed E-state index contributed by atoms with van der Waals surface area (Å²) in [6.07, 6.45) is 2.64. The van der Waals surface area contributed by atoms with Gasteiger partial charge in [-0.2, -0.15) is 4.98 Å². The lowest BCUT2D eigenvalue weighted by Gasteiger charge is -2.23. The summed E-state index contributed by atoms with van der Waals surface area (Å²) < 4.78 is 16.4. The lowest BCUT2D eigenvalue weighted by Crippen LogP contribution is -2.41. The van der Waals surface area contributed by atoms with Crippen molar-refractivity contribution in [1.82, 2.24) is 15.3 Å². The minimum absolute atomic E-state index is 0.0579. The van der Waals surface area contributed by atoms with E-state index in [1.807, 2.05) is 6.92 Å². The van der Waals surface area contributed by atoms with Crippen LogP contribution in [0.5, 0.6) is 11.9 Å². The highest BCUT2D eigenvalue weighted by Crippen LogP contribution is 2.11. The standard InChI is InChI=1S/C12H19N3O3/c1-2-6-17-11-3-4-14-12(15-11)18-9-10-8-13-5-7-16-10/h3-4,10,13H,2,5-9H2,1H3. The molecule has 6 heteroatoms. The molecular formula is C12H19N3O3. The van der Waals surface area contributed by atoms with Gasteiger partial charge in [0.15, 0.2) is 0 Å². The molecule has 1 aliphatic heterocycles. The van der Waals surface area contributed by atoms with E-state index < -0.39 is 0 Å². The molecule has 6 nitrogen and oxygen atoms in total. The fourth-order valence-electron chi connectivity index (χ4n) is 1.58. The van der Waals surface area contributed by atoms with Crippen LogP contribution in [-0.2, 0) is 4.74 Å². The van der Waals surface area contributed by atoms with E-state index in [9.17, 15) is 0 Å². The van der Waals surface area contributed by atoms with E-state index in [0.717, 1.165) is 19.5 Å². The molecule has 0 bridgehead atoms. The van der Waals surface area contributed by atoms with Gasteiger partial charge in [-0.3, -0.25) is 0 Å². The Hall–Kier alpha value is -1.40. The molecule has 100 valence electrons. The van der Waals surface area contributed by atoms with Crippen LogP contribution in [0.2, 0.25) is 0 Å². The summed E-state index contributed by atoms with van der Waals surface area (Å²) in [5.41, 5.74) is 0. The van der Waals surface area contributed by atoms with Crippen molar-refractivity contribution in [3.63, 3.8) is 0 Å². The maximum Gasteiger partial charge on any atom is 0.319 e. The second-order valence-electron chi connectivity index (χ2n) is 4.03. The lowest BCUT2D eigenvalue weighted by atomic mass is 10.3. The molecule has 0 aliphatic carbocycles. The summed E-state index contributed by atoms with van der Waals surface area (Å²) in [6.45, 7) is 5.55. The molecule has 0 aromatic carbocycles. The first-order chi connectivity index (χ1) is 8.88. The summed E-state index contributed by atoms with van der Waals surface area (Å²) in [7, 11) is 0. The van der Waals surface area contributed by atoms with Crippen LogP contribution in [0.15, 0.2) is 12.3 Å².